The number of sulfonamides is 1. The van der Waals surface area contributed by atoms with E-state index in [9.17, 15) is 8.42 Å². The van der Waals surface area contributed by atoms with Gasteiger partial charge in [-0.05, 0) is 48.3 Å². The molecule has 0 aliphatic heterocycles. The molecule has 5 nitrogen and oxygen atoms in total. The summed E-state index contributed by atoms with van der Waals surface area (Å²) >= 11 is 9.12. The second-order valence-corrected chi connectivity index (χ2v) is 7.82. The zero-order valence-electron chi connectivity index (χ0n) is 11.4. The van der Waals surface area contributed by atoms with Crippen molar-refractivity contribution in [2.24, 2.45) is 0 Å². The lowest BCUT2D eigenvalue weighted by Crippen LogP contribution is -2.44. The van der Waals surface area contributed by atoms with Crippen molar-refractivity contribution >= 4 is 37.6 Å². The fourth-order valence-corrected chi connectivity index (χ4v) is 4.51. The zero-order chi connectivity index (χ0) is 15.6. The van der Waals surface area contributed by atoms with Crippen LogP contribution in [0.25, 0.3) is 0 Å². The highest BCUT2D eigenvalue weighted by atomic mass is 79.9. The number of benzene rings is 1. The molecular formula is C12H17BrClNO4S. The van der Waals surface area contributed by atoms with Crippen LogP contribution in [0.4, 0.5) is 0 Å². The van der Waals surface area contributed by atoms with Gasteiger partial charge < -0.3 is 9.84 Å². The largest absolute Gasteiger partial charge is 0.494 e. The molecule has 0 bridgehead atoms. The van der Waals surface area contributed by atoms with E-state index in [2.05, 4.69) is 20.7 Å². The van der Waals surface area contributed by atoms with Crippen LogP contribution in [0.5, 0.6) is 5.75 Å². The molecule has 0 atom stereocenters. The van der Waals surface area contributed by atoms with Gasteiger partial charge in [0.05, 0.1) is 11.6 Å². The van der Waals surface area contributed by atoms with Crippen LogP contribution >= 0.6 is 27.5 Å². The summed E-state index contributed by atoms with van der Waals surface area (Å²) in [5.41, 5.74) is -0.784. The number of hydrogen-bond acceptors (Lipinski definition) is 4. The average molecular weight is 387 g/mol. The molecule has 1 aromatic carbocycles. The topological polar surface area (TPSA) is 75.6 Å². The Kier molecular flexibility index (Phi) is 5.86. The number of aliphatic hydroxyl groups excluding tert-OH is 1. The molecule has 8 heteroatoms. The van der Waals surface area contributed by atoms with Crippen molar-refractivity contribution in [2.75, 3.05) is 13.7 Å². The third-order valence-corrected chi connectivity index (χ3v) is 5.13. The molecule has 0 heterocycles. The van der Waals surface area contributed by atoms with Gasteiger partial charge in [0.25, 0.3) is 0 Å². The molecule has 0 fully saturated rings. The van der Waals surface area contributed by atoms with Crippen LogP contribution in [0.1, 0.15) is 20.3 Å². The van der Waals surface area contributed by atoms with Crippen LogP contribution in [-0.4, -0.2) is 32.8 Å². The monoisotopic (exact) mass is 385 g/mol. The van der Waals surface area contributed by atoms with Gasteiger partial charge in [-0.25, -0.2) is 13.1 Å². The minimum Gasteiger partial charge on any atom is -0.494 e. The normalized spacial score (nSPS) is 12.5. The summed E-state index contributed by atoms with van der Waals surface area (Å²) in [5, 5.41) is 9.25. The smallest absolute Gasteiger partial charge is 0.244 e. The highest BCUT2D eigenvalue weighted by Gasteiger charge is 2.29. The fraction of sp³-hybridized carbons (Fsp3) is 0.500. The number of ether oxygens (including phenoxy) is 1. The van der Waals surface area contributed by atoms with Crippen LogP contribution in [0, 0.1) is 0 Å². The van der Waals surface area contributed by atoms with E-state index in [1.807, 2.05) is 0 Å². The van der Waals surface area contributed by atoms with Gasteiger partial charge >= 0.3 is 0 Å². The highest BCUT2D eigenvalue weighted by Crippen LogP contribution is 2.35. The van der Waals surface area contributed by atoms with Crippen molar-refractivity contribution in [3.05, 3.63) is 21.6 Å². The first kappa shape index (κ1) is 17.7. The van der Waals surface area contributed by atoms with E-state index in [1.165, 1.54) is 13.2 Å². The molecular weight excluding hydrogens is 370 g/mol. The first-order valence-electron chi connectivity index (χ1n) is 5.81. The van der Waals surface area contributed by atoms with Gasteiger partial charge in [0.1, 0.15) is 4.90 Å². The third-order valence-electron chi connectivity index (χ3n) is 2.62. The summed E-state index contributed by atoms with van der Waals surface area (Å²) in [6.45, 7) is 3.26. The van der Waals surface area contributed by atoms with Gasteiger partial charge in [-0.3, -0.25) is 0 Å². The summed E-state index contributed by atoms with van der Waals surface area (Å²) in [7, 11) is -2.45. The van der Waals surface area contributed by atoms with E-state index in [1.54, 1.807) is 19.9 Å². The Morgan fingerprint density at radius 2 is 2.05 bits per heavy atom. The number of aliphatic hydroxyl groups is 1. The molecule has 114 valence electrons. The summed E-state index contributed by atoms with van der Waals surface area (Å²) in [5.74, 6) is 0.182. The Labute approximate surface area is 132 Å². The maximum Gasteiger partial charge on any atom is 0.244 e. The lowest BCUT2D eigenvalue weighted by molar-refractivity contribution is 0.245. The van der Waals surface area contributed by atoms with Crippen LogP contribution in [0.15, 0.2) is 21.5 Å². The lowest BCUT2D eigenvalue weighted by Gasteiger charge is -2.25. The molecule has 0 radical (unpaired) electrons. The van der Waals surface area contributed by atoms with Crippen molar-refractivity contribution in [2.45, 2.75) is 30.7 Å². The van der Waals surface area contributed by atoms with E-state index >= 15 is 0 Å². The summed E-state index contributed by atoms with van der Waals surface area (Å²) in [6, 6.07) is 2.88. The SMILES string of the molecule is COc1c(Br)cc(Cl)cc1S(=O)(=O)NC(C)(C)CCO. The van der Waals surface area contributed by atoms with Crippen molar-refractivity contribution in [3.63, 3.8) is 0 Å². The Balaban J connectivity index is 3.29. The number of halogens is 2. The first-order chi connectivity index (χ1) is 9.13. The standard InChI is InChI=1S/C12H17BrClNO4S/c1-12(2,4-5-16)15-20(17,18)10-7-8(14)6-9(13)11(10)19-3/h6-7,15-16H,4-5H2,1-3H3. The summed E-state index contributed by atoms with van der Waals surface area (Å²) < 4.78 is 33.0. The number of rotatable bonds is 6. The lowest BCUT2D eigenvalue weighted by atomic mass is 10.0. The first-order valence-corrected chi connectivity index (χ1v) is 8.46. The molecule has 20 heavy (non-hydrogen) atoms. The summed E-state index contributed by atoms with van der Waals surface area (Å²) in [6.07, 6.45) is 0.288. The van der Waals surface area contributed by atoms with Gasteiger partial charge in [-0.2, -0.15) is 0 Å². The molecule has 1 rings (SSSR count). The van der Waals surface area contributed by atoms with Gasteiger partial charge in [0.15, 0.2) is 5.75 Å². The molecule has 0 aromatic heterocycles. The van der Waals surface area contributed by atoms with Crippen molar-refractivity contribution < 1.29 is 18.3 Å². The molecule has 0 spiro atoms. The highest BCUT2D eigenvalue weighted by molar-refractivity contribution is 9.10. The second-order valence-electron chi connectivity index (χ2n) is 4.88. The molecule has 0 amide bonds. The maximum absolute atomic E-state index is 12.5. The van der Waals surface area contributed by atoms with Gasteiger partial charge in [-0.15, -0.1) is 0 Å². The minimum absolute atomic E-state index is 0.0506. The molecule has 0 saturated heterocycles. The molecule has 0 aliphatic carbocycles. The zero-order valence-corrected chi connectivity index (χ0v) is 14.6. The molecule has 0 saturated carbocycles. The predicted molar refractivity (Wildman–Crippen MR) is 81.8 cm³/mol. The third kappa shape index (κ3) is 4.33. The van der Waals surface area contributed by atoms with Crippen molar-refractivity contribution in [1.29, 1.82) is 0 Å². The Hall–Kier alpha value is -0.340. The average Bonchev–Trinajstić information content (AvgIpc) is 2.26. The number of methoxy groups -OCH3 is 1. The number of nitrogens with one attached hydrogen (secondary N) is 1. The van der Waals surface area contributed by atoms with Crippen LogP contribution in [0.2, 0.25) is 5.02 Å². The Bertz CT molecular complexity index is 589. The Morgan fingerprint density at radius 3 is 2.55 bits per heavy atom. The van der Waals surface area contributed by atoms with E-state index in [-0.39, 0.29) is 28.7 Å². The molecule has 0 unspecified atom stereocenters. The minimum atomic E-state index is -3.83. The predicted octanol–water partition coefficient (Wildman–Crippen LogP) is 2.55. The van der Waals surface area contributed by atoms with E-state index < -0.39 is 15.6 Å². The molecule has 0 aliphatic rings. The van der Waals surface area contributed by atoms with Crippen molar-refractivity contribution in [1.82, 2.24) is 4.72 Å². The summed E-state index contributed by atoms with van der Waals surface area (Å²) in [4.78, 5) is -0.0506. The van der Waals surface area contributed by atoms with Crippen LogP contribution in [-0.2, 0) is 10.0 Å². The Morgan fingerprint density at radius 1 is 1.45 bits per heavy atom. The van der Waals surface area contributed by atoms with E-state index in [0.717, 1.165) is 0 Å². The van der Waals surface area contributed by atoms with Gasteiger partial charge in [0, 0.05) is 17.2 Å². The van der Waals surface area contributed by atoms with Crippen LogP contribution in [0.3, 0.4) is 0 Å². The number of hydrogen-bond donors (Lipinski definition) is 2. The molecule has 1 aromatic rings. The maximum atomic E-state index is 12.5. The van der Waals surface area contributed by atoms with Crippen molar-refractivity contribution in [3.8, 4) is 5.75 Å². The van der Waals surface area contributed by atoms with Gasteiger partial charge in [-0.1, -0.05) is 11.6 Å². The quantitative estimate of drug-likeness (QED) is 0.788. The van der Waals surface area contributed by atoms with E-state index in [4.69, 9.17) is 21.4 Å². The fourth-order valence-electron chi connectivity index (χ4n) is 1.68. The second kappa shape index (κ2) is 6.62. The van der Waals surface area contributed by atoms with Gasteiger partial charge in [0.2, 0.25) is 10.0 Å². The van der Waals surface area contributed by atoms with E-state index in [0.29, 0.717) is 4.47 Å². The van der Waals surface area contributed by atoms with Crippen LogP contribution < -0.4 is 9.46 Å². The molecule has 2 N–H and O–H groups in total.